The van der Waals surface area contributed by atoms with E-state index in [9.17, 15) is 9.59 Å². The van der Waals surface area contributed by atoms with Gasteiger partial charge in [-0.1, -0.05) is 36.9 Å². The average molecular weight is 430 g/mol. The van der Waals surface area contributed by atoms with Gasteiger partial charge >= 0.3 is 5.97 Å². The van der Waals surface area contributed by atoms with Crippen LogP contribution in [0.15, 0.2) is 65.2 Å². The van der Waals surface area contributed by atoms with E-state index in [1.54, 1.807) is 49.9 Å². The van der Waals surface area contributed by atoms with Crippen LogP contribution < -0.4 is 4.90 Å². The maximum Gasteiger partial charge on any atom is 0.335 e. The number of anilines is 1. The van der Waals surface area contributed by atoms with Crippen LogP contribution >= 0.6 is 15.9 Å². The Morgan fingerprint density at radius 3 is 2.26 bits per heavy atom. The van der Waals surface area contributed by atoms with Gasteiger partial charge in [0.2, 0.25) is 0 Å². The summed E-state index contributed by atoms with van der Waals surface area (Å²) in [4.78, 5) is 27.1. The molecular formula is C22H24BrNO3. The highest BCUT2D eigenvalue weighted by molar-refractivity contribution is 9.10. The van der Waals surface area contributed by atoms with E-state index in [1.165, 1.54) is 0 Å². The maximum absolute atomic E-state index is 13.2. The summed E-state index contributed by atoms with van der Waals surface area (Å²) in [6.45, 7) is 11.2. The Hall–Kier alpha value is -2.40. The maximum atomic E-state index is 13.2. The number of aryl methyl sites for hydroxylation is 1. The lowest BCUT2D eigenvalue weighted by molar-refractivity contribution is -0.149. The molecule has 0 spiro atoms. The van der Waals surface area contributed by atoms with E-state index in [0.717, 1.165) is 10.0 Å². The fourth-order valence-corrected chi connectivity index (χ4v) is 3.24. The number of hydrogen-bond donors (Lipinski definition) is 0. The van der Waals surface area contributed by atoms with Gasteiger partial charge in [-0.3, -0.25) is 4.79 Å². The third kappa shape index (κ3) is 5.54. The second-order valence-electron chi connectivity index (χ2n) is 7.27. The minimum Gasteiger partial charge on any atom is -0.457 e. The zero-order valence-corrected chi connectivity index (χ0v) is 17.7. The Morgan fingerprint density at radius 1 is 1.07 bits per heavy atom. The second kappa shape index (κ2) is 8.53. The summed E-state index contributed by atoms with van der Waals surface area (Å²) in [7, 11) is 0. The van der Waals surface area contributed by atoms with E-state index in [2.05, 4.69) is 22.5 Å². The molecule has 0 aliphatic rings. The van der Waals surface area contributed by atoms with Crippen molar-refractivity contribution in [2.45, 2.75) is 33.3 Å². The van der Waals surface area contributed by atoms with Crippen molar-refractivity contribution in [2.24, 2.45) is 0 Å². The molecule has 0 atom stereocenters. The Kier molecular flexibility index (Phi) is 6.60. The third-order valence-electron chi connectivity index (χ3n) is 3.76. The Balaban J connectivity index is 2.40. The number of rotatable bonds is 5. The molecule has 2 aromatic rings. The number of amides is 1. The molecule has 2 aromatic carbocycles. The summed E-state index contributed by atoms with van der Waals surface area (Å²) in [5, 5.41) is 0. The van der Waals surface area contributed by atoms with Crippen LogP contribution in [0.3, 0.4) is 0 Å². The van der Waals surface area contributed by atoms with Crippen molar-refractivity contribution in [1.29, 1.82) is 0 Å². The molecule has 142 valence electrons. The molecule has 0 aliphatic carbocycles. The number of para-hydroxylation sites is 1. The molecule has 0 bridgehead atoms. The zero-order valence-electron chi connectivity index (χ0n) is 16.1. The first-order valence-electron chi connectivity index (χ1n) is 8.63. The minimum atomic E-state index is -0.627. The SMILES string of the molecule is C=C(CN(C(=O)c1ccccc1)c1c(C)cccc1Br)C(=O)OC(C)(C)C. The molecule has 0 aliphatic heterocycles. The zero-order chi connectivity index (χ0) is 20.2. The Bertz CT molecular complexity index is 833. The summed E-state index contributed by atoms with van der Waals surface area (Å²) in [6.07, 6.45) is 0. The first-order chi connectivity index (χ1) is 12.6. The lowest BCUT2D eigenvalue weighted by Crippen LogP contribution is -2.36. The molecule has 0 saturated carbocycles. The number of halogens is 1. The number of carbonyl (C=O) groups excluding carboxylic acids is 2. The molecule has 0 aromatic heterocycles. The Morgan fingerprint density at radius 2 is 1.70 bits per heavy atom. The van der Waals surface area contributed by atoms with Gasteiger partial charge in [0.25, 0.3) is 5.91 Å². The van der Waals surface area contributed by atoms with E-state index in [0.29, 0.717) is 11.3 Å². The predicted octanol–water partition coefficient (Wildman–Crippen LogP) is 5.30. The van der Waals surface area contributed by atoms with E-state index < -0.39 is 11.6 Å². The van der Waals surface area contributed by atoms with Crippen molar-refractivity contribution in [3.63, 3.8) is 0 Å². The number of ether oxygens (including phenoxy) is 1. The van der Waals surface area contributed by atoms with E-state index in [-0.39, 0.29) is 18.0 Å². The number of carbonyl (C=O) groups is 2. The summed E-state index contributed by atoms with van der Waals surface area (Å²) in [6, 6.07) is 14.6. The molecule has 5 heteroatoms. The predicted molar refractivity (Wildman–Crippen MR) is 112 cm³/mol. The van der Waals surface area contributed by atoms with Gasteiger partial charge in [-0.25, -0.2) is 4.79 Å². The van der Waals surface area contributed by atoms with Gasteiger partial charge < -0.3 is 9.64 Å². The van der Waals surface area contributed by atoms with Crippen molar-refractivity contribution in [3.05, 3.63) is 76.3 Å². The largest absolute Gasteiger partial charge is 0.457 e. The minimum absolute atomic E-state index is 0.0338. The third-order valence-corrected chi connectivity index (χ3v) is 4.40. The molecule has 1 amide bonds. The van der Waals surface area contributed by atoms with Crippen LogP contribution in [0.1, 0.15) is 36.7 Å². The Labute approximate surface area is 169 Å². The summed E-state index contributed by atoms with van der Waals surface area (Å²) < 4.78 is 6.16. The molecule has 2 rings (SSSR count). The van der Waals surface area contributed by atoms with Crippen molar-refractivity contribution in [2.75, 3.05) is 11.4 Å². The molecule has 27 heavy (non-hydrogen) atoms. The van der Waals surface area contributed by atoms with Gasteiger partial charge in [-0.05, 0) is 67.4 Å². The molecule has 0 unspecified atom stereocenters. The summed E-state index contributed by atoms with van der Waals surface area (Å²) in [5.41, 5.74) is 1.73. The molecule has 0 saturated heterocycles. The van der Waals surface area contributed by atoms with Crippen LogP contribution in [0.2, 0.25) is 0 Å². The standard InChI is InChI=1S/C22H24BrNO3/c1-15-10-9-13-18(23)19(15)24(20(25)17-11-7-6-8-12-17)14-16(2)21(26)27-22(3,4)5/h6-13H,2,14H2,1,3-5H3. The summed E-state index contributed by atoms with van der Waals surface area (Å²) in [5.74, 6) is -0.728. The van der Waals surface area contributed by atoms with Crippen LogP contribution in [-0.2, 0) is 9.53 Å². The highest BCUT2D eigenvalue weighted by Crippen LogP contribution is 2.31. The number of hydrogen-bond acceptors (Lipinski definition) is 3. The summed E-state index contributed by atoms with van der Waals surface area (Å²) >= 11 is 3.52. The van der Waals surface area contributed by atoms with Crippen LogP contribution in [-0.4, -0.2) is 24.0 Å². The number of benzene rings is 2. The van der Waals surface area contributed by atoms with Gasteiger partial charge in [0, 0.05) is 15.6 Å². The molecule has 0 radical (unpaired) electrons. The quantitative estimate of drug-likeness (QED) is 0.478. The van der Waals surface area contributed by atoms with Crippen LogP contribution in [0, 0.1) is 6.92 Å². The lowest BCUT2D eigenvalue weighted by atomic mass is 10.1. The number of nitrogens with zero attached hydrogens (tertiary/aromatic N) is 1. The van der Waals surface area contributed by atoms with Crippen molar-refractivity contribution in [1.82, 2.24) is 0 Å². The van der Waals surface area contributed by atoms with E-state index in [4.69, 9.17) is 4.74 Å². The molecule has 0 N–H and O–H groups in total. The molecule has 0 fully saturated rings. The van der Waals surface area contributed by atoms with Gasteiger partial charge in [0.15, 0.2) is 0 Å². The van der Waals surface area contributed by atoms with Crippen molar-refractivity contribution in [3.8, 4) is 0 Å². The fourth-order valence-electron chi connectivity index (χ4n) is 2.56. The van der Waals surface area contributed by atoms with E-state index >= 15 is 0 Å². The van der Waals surface area contributed by atoms with Crippen LogP contribution in [0.4, 0.5) is 5.69 Å². The highest BCUT2D eigenvalue weighted by Gasteiger charge is 2.26. The van der Waals surface area contributed by atoms with Crippen LogP contribution in [0.25, 0.3) is 0 Å². The fraction of sp³-hybridized carbons (Fsp3) is 0.273. The average Bonchev–Trinajstić information content (AvgIpc) is 2.59. The van der Waals surface area contributed by atoms with E-state index in [1.807, 2.05) is 31.2 Å². The normalized spacial score (nSPS) is 11.0. The van der Waals surface area contributed by atoms with Gasteiger partial charge in [-0.2, -0.15) is 0 Å². The van der Waals surface area contributed by atoms with Crippen molar-refractivity contribution < 1.29 is 14.3 Å². The van der Waals surface area contributed by atoms with Gasteiger partial charge in [-0.15, -0.1) is 0 Å². The molecular weight excluding hydrogens is 406 g/mol. The first kappa shape index (κ1) is 20.9. The number of esters is 1. The lowest BCUT2D eigenvalue weighted by Gasteiger charge is -2.27. The van der Waals surface area contributed by atoms with Gasteiger partial charge in [0.1, 0.15) is 5.60 Å². The van der Waals surface area contributed by atoms with Crippen molar-refractivity contribution >= 4 is 33.5 Å². The molecule has 4 nitrogen and oxygen atoms in total. The highest BCUT2D eigenvalue weighted by atomic mass is 79.9. The van der Waals surface area contributed by atoms with Gasteiger partial charge in [0.05, 0.1) is 12.2 Å². The topological polar surface area (TPSA) is 46.6 Å². The smallest absolute Gasteiger partial charge is 0.335 e. The van der Waals surface area contributed by atoms with Crippen LogP contribution in [0.5, 0.6) is 0 Å². The molecule has 0 heterocycles. The monoisotopic (exact) mass is 429 g/mol. The first-order valence-corrected chi connectivity index (χ1v) is 9.42. The second-order valence-corrected chi connectivity index (χ2v) is 8.12.